The molecule has 0 spiro atoms. The molecular weight excluding hydrogens is 262 g/mol. The summed E-state index contributed by atoms with van der Waals surface area (Å²) in [6, 6.07) is 0.429. The number of aromatic nitrogens is 2. The lowest BCUT2D eigenvalue weighted by atomic mass is 10.0. The van der Waals surface area contributed by atoms with E-state index in [1.807, 2.05) is 0 Å². The number of nitrogens with zero attached hydrogens (tertiary/aromatic N) is 3. The number of hydrogen-bond donors (Lipinski definition) is 1. The molecule has 1 unspecified atom stereocenters. The Balaban J connectivity index is 1.95. The summed E-state index contributed by atoms with van der Waals surface area (Å²) in [5.41, 5.74) is 0. The van der Waals surface area contributed by atoms with Crippen LogP contribution in [0.5, 0.6) is 0 Å². The fourth-order valence-corrected chi connectivity index (χ4v) is 2.77. The quantitative estimate of drug-likeness (QED) is 0.782. The lowest BCUT2D eigenvalue weighted by molar-refractivity contribution is 0.0595. The Labute approximate surface area is 119 Å². The first-order valence-electron chi connectivity index (χ1n) is 7.47. The topological polar surface area (TPSA) is 33.1 Å². The van der Waals surface area contributed by atoms with Gasteiger partial charge in [0.25, 0.3) is 0 Å². The molecule has 1 aromatic rings. The molecular formula is C14H24F2N4. The van der Waals surface area contributed by atoms with Crippen molar-refractivity contribution in [2.45, 2.75) is 51.7 Å². The van der Waals surface area contributed by atoms with Crippen LogP contribution in [0, 0.1) is 0 Å². The molecule has 0 aliphatic carbocycles. The minimum absolute atomic E-state index is 0.429. The summed E-state index contributed by atoms with van der Waals surface area (Å²) < 4.78 is 26.7. The van der Waals surface area contributed by atoms with E-state index in [1.54, 1.807) is 0 Å². The number of likely N-dealkylation sites (tertiary alicyclic amines) is 1. The molecule has 4 nitrogen and oxygen atoms in total. The fourth-order valence-electron chi connectivity index (χ4n) is 2.77. The van der Waals surface area contributed by atoms with Gasteiger partial charge < -0.3 is 5.32 Å². The molecule has 1 aliphatic rings. The second-order valence-electron chi connectivity index (χ2n) is 5.35. The van der Waals surface area contributed by atoms with Gasteiger partial charge in [-0.3, -0.25) is 9.47 Å². The van der Waals surface area contributed by atoms with Crippen molar-refractivity contribution >= 4 is 0 Å². The number of alkyl halides is 2. The van der Waals surface area contributed by atoms with Crippen molar-refractivity contribution in [3.63, 3.8) is 0 Å². The molecule has 0 bridgehead atoms. The van der Waals surface area contributed by atoms with Crippen LogP contribution in [0.3, 0.4) is 0 Å². The normalized spacial score (nSPS) is 20.7. The van der Waals surface area contributed by atoms with Crippen LogP contribution in [0.15, 0.2) is 12.4 Å². The van der Waals surface area contributed by atoms with Gasteiger partial charge >= 0.3 is 6.55 Å². The highest BCUT2D eigenvalue weighted by atomic mass is 19.3. The van der Waals surface area contributed by atoms with Crippen LogP contribution < -0.4 is 5.32 Å². The van der Waals surface area contributed by atoms with Gasteiger partial charge in [-0.05, 0) is 32.4 Å². The summed E-state index contributed by atoms with van der Waals surface area (Å²) in [5.74, 6) is 0.461. The number of imidazole rings is 1. The maximum atomic E-state index is 12.9. The average Bonchev–Trinajstić information content (AvgIpc) is 2.89. The predicted molar refractivity (Wildman–Crippen MR) is 74.7 cm³/mol. The van der Waals surface area contributed by atoms with Crippen molar-refractivity contribution in [2.24, 2.45) is 0 Å². The van der Waals surface area contributed by atoms with E-state index in [-0.39, 0.29) is 0 Å². The van der Waals surface area contributed by atoms with E-state index in [0.29, 0.717) is 18.4 Å². The standard InChI is InChI=1S/C14H24F2N4/c1-2-6-17-10-12-5-3-4-8-19(12)11-13-18-7-9-20(13)14(15)16/h7,9,12,14,17H,2-6,8,10-11H2,1H3. The molecule has 1 atom stereocenters. The van der Waals surface area contributed by atoms with E-state index in [2.05, 4.69) is 22.1 Å². The third-order valence-electron chi connectivity index (χ3n) is 3.86. The van der Waals surface area contributed by atoms with Crippen molar-refractivity contribution in [1.82, 2.24) is 19.8 Å². The van der Waals surface area contributed by atoms with E-state index in [9.17, 15) is 8.78 Å². The van der Waals surface area contributed by atoms with Crippen LogP contribution in [0.25, 0.3) is 0 Å². The molecule has 6 heteroatoms. The Hall–Kier alpha value is -1.01. The number of halogens is 2. The Bertz CT molecular complexity index is 394. The van der Waals surface area contributed by atoms with Crippen LogP contribution in [0.4, 0.5) is 8.78 Å². The highest BCUT2D eigenvalue weighted by Crippen LogP contribution is 2.20. The average molecular weight is 286 g/mol. The second-order valence-corrected chi connectivity index (χ2v) is 5.35. The molecule has 0 amide bonds. The summed E-state index contributed by atoms with van der Waals surface area (Å²) in [6.45, 7) is 3.06. The molecule has 1 fully saturated rings. The van der Waals surface area contributed by atoms with E-state index in [1.165, 1.54) is 18.8 Å². The smallest absolute Gasteiger partial charge is 0.315 e. The lowest BCUT2D eigenvalue weighted by Crippen LogP contribution is -2.45. The SMILES string of the molecule is CCCNCC1CCCCN1Cc1nccn1C(F)F. The van der Waals surface area contributed by atoms with Crippen molar-refractivity contribution in [2.75, 3.05) is 19.6 Å². The van der Waals surface area contributed by atoms with Gasteiger partial charge in [0.05, 0.1) is 6.54 Å². The molecule has 1 N–H and O–H groups in total. The zero-order valence-corrected chi connectivity index (χ0v) is 12.1. The molecule has 2 heterocycles. The largest absolute Gasteiger partial charge is 0.319 e. The first-order chi connectivity index (χ1) is 9.72. The van der Waals surface area contributed by atoms with Crippen molar-refractivity contribution in [1.29, 1.82) is 0 Å². The summed E-state index contributed by atoms with van der Waals surface area (Å²) in [5, 5.41) is 3.43. The fraction of sp³-hybridized carbons (Fsp3) is 0.786. The summed E-state index contributed by atoms with van der Waals surface area (Å²) >= 11 is 0. The van der Waals surface area contributed by atoms with Gasteiger partial charge in [0, 0.05) is 25.0 Å². The summed E-state index contributed by atoms with van der Waals surface area (Å²) in [6.07, 6.45) is 7.41. The number of hydrogen-bond acceptors (Lipinski definition) is 3. The van der Waals surface area contributed by atoms with Gasteiger partial charge in [0.1, 0.15) is 5.82 Å². The van der Waals surface area contributed by atoms with Crippen LogP contribution in [-0.4, -0.2) is 40.1 Å². The summed E-state index contributed by atoms with van der Waals surface area (Å²) in [7, 11) is 0. The third kappa shape index (κ3) is 3.99. The van der Waals surface area contributed by atoms with Crippen LogP contribution in [-0.2, 0) is 6.54 Å². The van der Waals surface area contributed by atoms with E-state index < -0.39 is 6.55 Å². The minimum Gasteiger partial charge on any atom is -0.315 e. The van der Waals surface area contributed by atoms with Gasteiger partial charge in [0.2, 0.25) is 0 Å². The zero-order chi connectivity index (χ0) is 14.4. The predicted octanol–water partition coefficient (Wildman–Crippen LogP) is 2.63. The Morgan fingerprint density at radius 2 is 2.30 bits per heavy atom. The highest BCUT2D eigenvalue weighted by molar-refractivity contribution is 4.94. The van der Waals surface area contributed by atoms with Crippen molar-refractivity contribution in [3.05, 3.63) is 18.2 Å². The zero-order valence-electron chi connectivity index (χ0n) is 12.1. The monoisotopic (exact) mass is 286 g/mol. The van der Waals surface area contributed by atoms with E-state index >= 15 is 0 Å². The first kappa shape index (κ1) is 15.4. The van der Waals surface area contributed by atoms with Gasteiger partial charge in [0.15, 0.2) is 0 Å². The van der Waals surface area contributed by atoms with Crippen LogP contribution in [0.1, 0.15) is 45.0 Å². The van der Waals surface area contributed by atoms with E-state index in [4.69, 9.17) is 0 Å². The lowest BCUT2D eigenvalue weighted by Gasteiger charge is -2.35. The van der Waals surface area contributed by atoms with Crippen molar-refractivity contribution in [3.8, 4) is 0 Å². The molecule has 0 aromatic carbocycles. The van der Waals surface area contributed by atoms with Gasteiger partial charge in [-0.15, -0.1) is 0 Å². The van der Waals surface area contributed by atoms with Crippen LogP contribution >= 0.6 is 0 Å². The Morgan fingerprint density at radius 3 is 3.05 bits per heavy atom. The molecule has 1 saturated heterocycles. The molecule has 0 radical (unpaired) electrons. The highest BCUT2D eigenvalue weighted by Gasteiger charge is 2.24. The van der Waals surface area contributed by atoms with Crippen molar-refractivity contribution < 1.29 is 8.78 Å². The van der Waals surface area contributed by atoms with Gasteiger partial charge in [-0.2, -0.15) is 8.78 Å². The maximum absolute atomic E-state index is 12.9. The van der Waals surface area contributed by atoms with E-state index in [0.717, 1.165) is 43.5 Å². The summed E-state index contributed by atoms with van der Waals surface area (Å²) in [4.78, 5) is 6.37. The molecule has 1 aliphatic heterocycles. The third-order valence-corrected chi connectivity index (χ3v) is 3.86. The molecule has 1 aromatic heterocycles. The minimum atomic E-state index is -2.51. The number of piperidine rings is 1. The Kier molecular flexibility index (Phi) is 5.91. The van der Waals surface area contributed by atoms with Crippen LogP contribution in [0.2, 0.25) is 0 Å². The molecule has 20 heavy (non-hydrogen) atoms. The second kappa shape index (κ2) is 7.69. The number of rotatable bonds is 7. The van der Waals surface area contributed by atoms with Gasteiger partial charge in [-0.25, -0.2) is 4.98 Å². The molecule has 114 valence electrons. The van der Waals surface area contributed by atoms with Gasteiger partial charge in [-0.1, -0.05) is 13.3 Å². The number of nitrogens with one attached hydrogen (secondary N) is 1. The Morgan fingerprint density at radius 1 is 1.45 bits per heavy atom. The molecule has 0 saturated carbocycles. The molecule has 2 rings (SSSR count). The maximum Gasteiger partial charge on any atom is 0.319 e. The first-order valence-corrected chi connectivity index (χ1v) is 7.47.